The maximum atomic E-state index is 11.4. The Morgan fingerprint density at radius 2 is 1.62 bits per heavy atom. The van der Waals surface area contributed by atoms with Gasteiger partial charge >= 0.3 is 5.69 Å². The van der Waals surface area contributed by atoms with Crippen LogP contribution in [0.3, 0.4) is 0 Å². The molecular weight excluding hydrogens is 418 g/mol. The van der Waals surface area contributed by atoms with Gasteiger partial charge in [0.1, 0.15) is 5.75 Å². The number of aliphatic imine (C=N–C) groups is 1. The summed E-state index contributed by atoms with van der Waals surface area (Å²) in [5.74, 6) is 1.16. The van der Waals surface area contributed by atoms with Crippen LogP contribution < -0.4 is 14.2 Å². The lowest BCUT2D eigenvalue weighted by atomic mass is 10.2. The third kappa shape index (κ3) is 5.36. The Hall–Kier alpha value is -4.47. The minimum absolute atomic E-state index is 0.138. The van der Waals surface area contributed by atoms with E-state index in [1.165, 1.54) is 6.07 Å². The van der Waals surface area contributed by atoms with Gasteiger partial charge < -0.3 is 14.2 Å². The minimum atomic E-state index is -0.738. The Labute approximate surface area is 183 Å². The molecule has 3 rings (SSSR count). The molecule has 0 unspecified atom stereocenters. The molecule has 0 aliphatic rings. The second-order valence-corrected chi connectivity index (χ2v) is 6.36. The molecule has 3 aromatic rings. The number of non-ortho nitro benzene ring substituents is 1. The van der Waals surface area contributed by atoms with Crippen LogP contribution in [0.15, 0.2) is 65.7 Å². The predicted molar refractivity (Wildman–Crippen MR) is 118 cm³/mol. The van der Waals surface area contributed by atoms with Gasteiger partial charge in [0.15, 0.2) is 11.5 Å². The molecule has 3 aromatic carbocycles. The lowest BCUT2D eigenvalue weighted by molar-refractivity contribution is -0.394. The molecule has 0 atom stereocenters. The number of nitrogens with zero attached hydrogens (tertiary/aromatic N) is 3. The quantitative estimate of drug-likeness (QED) is 0.247. The average Bonchev–Trinajstić information content (AvgIpc) is 2.79. The molecule has 32 heavy (non-hydrogen) atoms. The van der Waals surface area contributed by atoms with Gasteiger partial charge in [-0.25, -0.2) is 0 Å². The van der Waals surface area contributed by atoms with E-state index < -0.39 is 21.2 Å². The van der Waals surface area contributed by atoms with Gasteiger partial charge in [-0.3, -0.25) is 25.2 Å². The SMILES string of the molecule is CCOc1cc(C=Nc2ccc(OC)cc2)ccc1Oc1ccc([N+](=O)[O-])cc1[N+](=O)[O-]. The molecule has 0 aromatic heterocycles. The Bertz CT molecular complexity index is 1160. The molecule has 164 valence electrons. The first kappa shape index (κ1) is 22.2. The first-order valence-electron chi connectivity index (χ1n) is 9.47. The molecule has 0 aliphatic heterocycles. The van der Waals surface area contributed by atoms with Crippen molar-refractivity contribution < 1.29 is 24.1 Å². The Balaban J connectivity index is 1.88. The van der Waals surface area contributed by atoms with Crippen molar-refractivity contribution in [1.29, 1.82) is 0 Å². The molecule has 10 nitrogen and oxygen atoms in total. The largest absolute Gasteiger partial charge is 0.497 e. The number of rotatable bonds is 9. The molecule has 0 bridgehead atoms. The van der Waals surface area contributed by atoms with Gasteiger partial charge in [0, 0.05) is 12.3 Å². The lowest BCUT2D eigenvalue weighted by Gasteiger charge is -2.12. The van der Waals surface area contributed by atoms with E-state index in [0.29, 0.717) is 12.4 Å². The van der Waals surface area contributed by atoms with E-state index in [2.05, 4.69) is 4.99 Å². The number of hydrogen-bond acceptors (Lipinski definition) is 8. The van der Waals surface area contributed by atoms with Gasteiger partial charge in [-0.15, -0.1) is 0 Å². The fraction of sp³-hybridized carbons (Fsp3) is 0.136. The highest BCUT2D eigenvalue weighted by Gasteiger charge is 2.22. The Kier molecular flexibility index (Phi) is 6.96. The van der Waals surface area contributed by atoms with Crippen LogP contribution in [0.2, 0.25) is 0 Å². The topological polar surface area (TPSA) is 126 Å². The second-order valence-electron chi connectivity index (χ2n) is 6.36. The van der Waals surface area contributed by atoms with E-state index in [4.69, 9.17) is 14.2 Å². The zero-order chi connectivity index (χ0) is 23.1. The first-order valence-corrected chi connectivity index (χ1v) is 9.47. The highest BCUT2D eigenvalue weighted by molar-refractivity contribution is 5.83. The number of nitro groups is 2. The molecule has 0 saturated heterocycles. The molecule has 0 aliphatic carbocycles. The molecule has 0 spiro atoms. The minimum Gasteiger partial charge on any atom is -0.497 e. The summed E-state index contributed by atoms with van der Waals surface area (Å²) >= 11 is 0. The zero-order valence-electron chi connectivity index (χ0n) is 17.3. The summed E-state index contributed by atoms with van der Waals surface area (Å²) in [5, 5.41) is 22.3. The van der Waals surface area contributed by atoms with Crippen molar-refractivity contribution in [3.63, 3.8) is 0 Å². The summed E-state index contributed by atoms with van der Waals surface area (Å²) in [6, 6.07) is 15.4. The molecular formula is C22H19N3O7. The Morgan fingerprint density at radius 3 is 2.25 bits per heavy atom. The van der Waals surface area contributed by atoms with Crippen molar-refractivity contribution in [3.8, 4) is 23.0 Å². The van der Waals surface area contributed by atoms with E-state index >= 15 is 0 Å². The highest BCUT2D eigenvalue weighted by atomic mass is 16.6. The van der Waals surface area contributed by atoms with E-state index in [0.717, 1.165) is 29.1 Å². The second kappa shape index (κ2) is 10.0. The average molecular weight is 437 g/mol. The van der Waals surface area contributed by atoms with Crippen molar-refractivity contribution in [3.05, 3.63) is 86.5 Å². The fourth-order valence-corrected chi connectivity index (χ4v) is 2.74. The molecule has 0 amide bonds. The van der Waals surface area contributed by atoms with Crippen molar-refractivity contribution >= 4 is 23.3 Å². The number of ether oxygens (including phenoxy) is 3. The molecule has 0 N–H and O–H groups in total. The van der Waals surface area contributed by atoms with E-state index in [1.807, 2.05) is 12.1 Å². The zero-order valence-corrected chi connectivity index (χ0v) is 17.3. The number of benzene rings is 3. The van der Waals surface area contributed by atoms with Crippen molar-refractivity contribution in [2.24, 2.45) is 4.99 Å². The smallest absolute Gasteiger partial charge is 0.318 e. The standard InChI is InChI=1S/C22H19N3O7/c1-3-31-22-12-15(14-23-16-5-8-18(30-2)9-6-16)4-10-21(22)32-20-11-7-17(24(26)27)13-19(20)25(28)29/h4-14H,3H2,1-2H3. The van der Waals surface area contributed by atoms with Crippen molar-refractivity contribution in [2.75, 3.05) is 13.7 Å². The maximum absolute atomic E-state index is 11.4. The van der Waals surface area contributed by atoms with Crippen molar-refractivity contribution in [1.82, 2.24) is 0 Å². The third-order valence-corrected chi connectivity index (χ3v) is 4.27. The van der Waals surface area contributed by atoms with Crippen LogP contribution in [0.25, 0.3) is 0 Å². The van der Waals surface area contributed by atoms with E-state index in [-0.39, 0.29) is 11.5 Å². The van der Waals surface area contributed by atoms with Crippen LogP contribution in [0, 0.1) is 20.2 Å². The Morgan fingerprint density at radius 1 is 0.906 bits per heavy atom. The lowest BCUT2D eigenvalue weighted by Crippen LogP contribution is -1.99. The molecule has 10 heteroatoms. The first-order chi connectivity index (χ1) is 15.4. The summed E-state index contributed by atoms with van der Waals surface area (Å²) in [4.78, 5) is 25.2. The van der Waals surface area contributed by atoms with Gasteiger partial charge in [-0.05, 0) is 61.0 Å². The number of methoxy groups -OCH3 is 1. The normalized spacial score (nSPS) is 10.7. The van der Waals surface area contributed by atoms with Crippen molar-refractivity contribution in [2.45, 2.75) is 6.92 Å². The van der Waals surface area contributed by atoms with Crippen LogP contribution in [-0.4, -0.2) is 29.8 Å². The van der Waals surface area contributed by atoms with Gasteiger partial charge in [0.2, 0.25) is 5.75 Å². The number of hydrogen-bond donors (Lipinski definition) is 0. The predicted octanol–water partition coefficient (Wildman–Crippen LogP) is 5.45. The maximum Gasteiger partial charge on any atom is 0.318 e. The molecule has 0 heterocycles. The molecule has 0 fully saturated rings. The summed E-state index contributed by atoms with van der Waals surface area (Å²) in [5.41, 5.74) is 0.520. The highest BCUT2D eigenvalue weighted by Crippen LogP contribution is 2.38. The van der Waals surface area contributed by atoms with Crippen LogP contribution in [0.1, 0.15) is 12.5 Å². The van der Waals surface area contributed by atoms with Crippen LogP contribution in [0.4, 0.5) is 17.1 Å². The summed E-state index contributed by atoms with van der Waals surface area (Å²) in [6.07, 6.45) is 1.64. The van der Waals surface area contributed by atoms with Gasteiger partial charge in [-0.2, -0.15) is 0 Å². The summed E-state index contributed by atoms with van der Waals surface area (Å²) in [6.45, 7) is 2.12. The van der Waals surface area contributed by atoms with Gasteiger partial charge in [0.25, 0.3) is 5.69 Å². The van der Waals surface area contributed by atoms with Gasteiger partial charge in [0.05, 0.1) is 35.3 Å². The molecule has 0 radical (unpaired) electrons. The van der Waals surface area contributed by atoms with E-state index in [1.54, 1.807) is 50.6 Å². The van der Waals surface area contributed by atoms with Crippen LogP contribution >= 0.6 is 0 Å². The number of nitro benzene ring substituents is 2. The van der Waals surface area contributed by atoms with Gasteiger partial charge in [-0.1, -0.05) is 0 Å². The van der Waals surface area contributed by atoms with Crippen LogP contribution in [0.5, 0.6) is 23.0 Å². The summed E-state index contributed by atoms with van der Waals surface area (Å²) in [7, 11) is 1.59. The monoisotopic (exact) mass is 437 g/mol. The fourth-order valence-electron chi connectivity index (χ4n) is 2.74. The van der Waals surface area contributed by atoms with E-state index in [9.17, 15) is 20.2 Å². The molecule has 0 saturated carbocycles. The third-order valence-electron chi connectivity index (χ3n) is 4.27. The summed E-state index contributed by atoms with van der Waals surface area (Å²) < 4.78 is 16.4. The van der Waals surface area contributed by atoms with Crippen LogP contribution in [-0.2, 0) is 0 Å².